The van der Waals surface area contributed by atoms with E-state index in [4.69, 9.17) is 25.8 Å². The van der Waals surface area contributed by atoms with Crippen LogP contribution in [-0.2, 0) is 21.3 Å². The number of aromatic nitrogens is 2. The standard InChI is InChI=1S/C53H59ClN8O8S/c1-34(2)42-6-4-5-7-43(42)49-31-59(30-36-8-11-39(68-3)12-9-36)18-19-61(49)38-25-53(26-38)32-60(33-53)37-10-14-44(50(22-37)70-40-23-45-46(54)29-57-51(45)56-28-40)52(63)58-71(66,67)41-13-15-47(48(24-41)62(64)65)55-27-35-16-20-69-21-17-35/h4-15,22-24,28-29,34-35,38,49,55H,16-21,25-27,30-33H2,1-3H3,(H,56,57)(H,58,63)/t49-/m0/s1. The predicted molar refractivity (Wildman–Crippen MR) is 273 cm³/mol. The lowest BCUT2D eigenvalue weighted by Gasteiger charge is -2.63. The van der Waals surface area contributed by atoms with E-state index in [1.165, 1.54) is 35.0 Å². The molecule has 1 amide bonds. The molecule has 10 rings (SSSR count). The normalized spacial score (nSPS) is 18.8. The van der Waals surface area contributed by atoms with Crippen LogP contribution >= 0.6 is 11.6 Å². The van der Waals surface area contributed by atoms with Gasteiger partial charge < -0.3 is 29.4 Å². The van der Waals surface area contributed by atoms with Gasteiger partial charge in [-0.3, -0.25) is 24.7 Å². The number of rotatable bonds is 16. The second kappa shape index (κ2) is 20.1. The third-order valence-corrected chi connectivity index (χ3v) is 16.4. The van der Waals surface area contributed by atoms with E-state index >= 15 is 0 Å². The molecule has 1 atom stereocenters. The number of nitro benzene ring substituents is 1. The van der Waals surface area contributed by atoms with Gasteiger partial charge in [0.25, 0.3) is 21.6 Å². The van der Waals surface area contributed by atoms with Crippen LogP contribution in [0.3, 0.4) is 0 Å². The van der Waals surface area contributed by atoms with Crippen molar-refractivity contribution in [2.24, 2.45) is 11.3 Å². The smallest absolute Gasteiger partial charge is 0.293 e. The zero-order valence-electron chi connectivity index (χ0n) is 40.1. The van der Waals surface area contributed by atoms with Crippen molar-refractivity contribution in [3.8, 4) is 17.2 Å². The van der Waals surface area contributed by atoms with E-state index in [9.17, 15) is 23.3 Å². The van der Waals surface area contributed by atoms with Crippen LogP contribution in [0.2, 0.25) is 5.02 Å². The molecule has 372 valence electrons. The number of aromatic amines is 1. The molecule has 0 radical (unpaired) electrons. The molecule has 18 heteroatoms. The molecular weight excluding hydrogens is 944 g/mol. The van der Waals surface area contributed by atoms with Crippen molar-refractivity contribution in [2.75, 3.05) is 69.8 Å². The molecule has 1 saturated carbocycles. The number of nitrogens with one attached hydrogen (secondary N) is 3. The van der Waals surface area contributed by atoms with E-state index in [1.54, 1.807) is 37.6 Å². The van der Waals surface area contributed by atoms with Crippen LogP contribution in [0.1, 0.15) is 78.5 Å². The van der Waals surface area contributed by atoms with Crippen LogP contribution in [0.4, 0.5) is 17.1 Å². The fraction of sp³-hybridized carbons (Fsp3) is 0.396. The first-order chi connectivity index (χ1) is 34.2. The summed E-state index contributed by atoms with van der Waals surface area (Å²) in [6, 6.07) is 28.3. The minimum absolute atomic E-state index is 0.0559. The molecule has 4 fully saturated rings. The second-order valence-electron chi connectivity index (χ2n) is 19.8. The highest BCUT2D eigenvalue weighted by Gasteiger charge is 2.55. The minimum atomic E-state index is -4.59. The molecule has 3 N–H and O–H groups in total. The van der Waals surface area contributed by atoms with Gasteiger partial charge in [-0.15, -0.1) is 0 Å². The number of nitrogens with zero attached hydrogens (tertiary/aromatic N) is 5. The quantitative estimate of drug-likeness (QED) is 0.0616. The Balaban J connectivity index is 0.853. The number of carbonyl (C=O) groups excluding carboxylic acids is 1. The van der Waals surface area contributed by atoms with Crippen molar-refractivity contribution in [1.82, 2.24) is 24.5 Å². The summed E-state index contributed by atoms with van der Waals surface area (Å²) in [5.41, 5.74) is 5.28. The highest BCUT2D eigenvalue weighted by atomic mass is 35.5. The van der Waals surface area contributed by atoms with Gasteiger partial charge in [-0.05, 0) is 96.7 Å². The van der Waals surface area contributed by atoms with Crippen LogP contribution < -0.4 is 24.4 Å². The number of fused-ring (bicyclic) bond motifs is 1. The Morgan fingerprint density at radius 3 is 2.52 bits per heavy atom. The summed E-state index contributed by atoms with van der Waals surface area (Å²) < 4.78 is 46.9. The van der Waals surface area contributed by atoms with Crippen molar-refractivity contribution in [3.63, 3.8) is 0 Å². The first kappa shape index (κ1) is 48.4. The number of pyridine rings is 1. The lowest BCUT2D eigenvalue weighted by Crippen LogP contribution is -2.68. The number of methoxy groups -OCH3 is 1. The molecule has 3 saturated heterocycles. The van der Waals surface area contributed by atoms with Crippen LogP contribution in [0.25, 0.3) is 11.0 Å². The van der Waals surface area contributed by atoms with Gasteiger partial charge in [0.15, 0.2) is 0 Å². The van der Waals surface area contributed by atoms with Gasteiger partial charge in [0.2, 0.25) is 0 Å². The van der Waals surface area contributed by atoms with Gasteiger partial charge in [-0.1, -0.05) is 61.8 Å². The highest BCUT2D eigenvalue weighted by Crippen LogP contribution is 2.54. The Kier molecular flexibility index (Phi) is 13.7. The van der Waals surface area contributed by atoms with E-state index in [1.807, 2.05) is 12.1 Å². The summed E-state index contributed by atoms with van der Waals surface area (Å²) in [6.07, 6.45) is 6.88. The van der Waals surface area contributed by atoms with E-state index in [-0.39, 0.29) is 40.1 Å². The van der Waals surface area contributed by atoms with Crippen molar-refractivity contribution < 1.29 is 32.3 Å². The number of nitro groups is 1. The zero-order chi connectivity index (χ0) is 49.4. The fourth-order valence-corrected chi connectivity index (χ4v) is 12.1. The van der Waals surface area contributed by atoms with E-state index < -0.39 is 31.4 Å². The molecule has 0 bridgehead atoms. The third-order valence-electron chi connectivity index (χ3n) is 14.8. The number of H-pyrrole nitrogens is 1. The molecule has 6 aromatic rings. The molecule has 4 aromatic carbocycles. The van der Waals surface area contributed by atoms with Gasteiger partial charge in [-0.25, -0.2) is 18.1 Å². The molecule has 1 spiro atoms. The van der Waals surface area contributed by atoms with Crippen molar-refractivity contribution in [3.05, 3.63) is 141 Å². The van der Waals surface area contributed by atoms with Crippen LogP contribution in [0, 0.1) is 21.4 Å². The maximum atomic E-state index is 14.1. The molecule has 4 aliphatic rings. The van der Waals surface area contributed by atoms with Crippen molar-refractivity contribution in [2.45, 2.75) is 69.0 Å². The minimum Gasteiger partial charge on any atom is -0.497 e. The van der Waals surface area contributed by atoms with E-state index in [0.717, 1.165) is 82.5 Å². The first-order valence-corrected chi connectivity index (χ1v) is 26.2. The molecule has 71 heavy (non-hydrogen) atoms. The monoisotopic (exact) mass is 1000 g/mol. The maximum absolute atomic E-state index is 14.1. The van der Waals surface area contributed by atoms with E-state index in [2.05, 4.69) is 85.0 Å². The third kappa shape index (κ3) is 10.3. The number of hydrogen-bond donors (Lipinski definition) is 3. The number of piperazine rings is 1. The van der Waals surface area contributed by atoms with Gasteiger partial charge in [0.05, 0.1) is 33.7 Å². The zero-order valence-corrected chi connectivity index (χ0v) is 41.7. The average molecular weight is 1000 g/mol. The second-order valence-corrected chi connectivity index (χ2v) is 21.9. The Morgan fingerprint density at radius 1 is 1.00 bits per heavy atom. The summed E-state index contributed by atoms with van der Waals surface area (Å²) in [5, 5.41) is 16.3. The number of amides is 1. The fourth-order valence-electron chi connectivity index (χ4n) is 11.0. The molecule has 16 nitrogen and oxygen atoms in total. The molecule has 3 aliphatic heterocycles. The van der Waals surface area contributed by atoms with Gasteiger partial charge >= 0.3 is 0 Å². The molecule has 5 heterocycles. The van der Waals surface area contributed by atoms with Gasteiger partial charge in [-0.2, -0.15) is 0 Å². The topological polar surface area (TPSA) is 184 Å². The average Bonchev–Trinajstić information content (AvgIpc) is 3.72. The number of carbonyl (C=O) groups is 1. The van der Waals surface area contributed by atoms with Crippen LogP contribution in [0.15, 0.2) is 108 Å². The Hall–Kier alpha value is -6.24. The Labute approximate surface area is 418 Å². The molecule has 1 aliphatic carbocycles. The number of anilines is 2. The number of halogens is 1. The van der Waals surface area contributed by atoms with Gasteiger partial charge in [0, 0.05) is 106 Å². The highest BCUT2D eigenvalue weighted by molar-refractivity contribution is 7.90. The molecular formula is C53H59ClN8O8S. The van der Waals surface area contributed by atoms with Crippen LogP contribution in [-0.4, -0.2) is 105 Å². The number of sulfonamides is 1. The number of benzene rings is 4. The lowest BCUT2D eigenvalue weighted by atomic mass is 9.59. The lowest BCUT2D eigenvalue weighted by molar-refractivity contribution is -0.384. The molecule has 2 aromatic heterocycles. The summed E-state index contributed by atoms with van der Waals surface area (Å²) >= 11 is 6.43. The number of ether oxygens (including phenoxy) is 3. The summed E-state index contributed by atoms with van der Waals surface area (Å²) in [5.74, 6) is 0.942. The summed E-state index contributed by atoms with van der Waals surface area (Å²) in [7, 11) is -2.89. The van der Waals surface area contributed by atoms with Crippen molar-refractivity contribution in [1.29, 1.82) is 0 Å². The van der Waals surface area contributed by atoms with Crippen LogP contribution in [0.5, 0.6) is 17.2 Å². The number of hydrogen-bond acceptors (Lipinski definition) is 13. The van der Waals surface area contributed by atoms with Gasteiger partial charge in [0.1, 0.15) is 28.6 Å². The summed E-state index contributed by atoms with van der Waals surface area (Å²) in [6.45, 7) is 11.7. The van der Waals surface area contributed by atoms with Crippen molar-refractivity contribution >= 4 is 55.6 Å². The Bertz CT molecular complexity index is 3040. The summed E-state index contributed by atoms with van der Waals surface area (Å²) in [4.78, 5) is 40.2. The SMILES string of the molecule is COc1ccc(CN2CCN(C3CC4(C3)CN(c3ccc(C(=O)NS(=O)(=O)c5ccc(NCC6CCOCC6)c([N+](=O)[O-])c5)c(Oc5cnc6[nH]cc(Cl)c6c5)c3)C4)[C@H](c3ccccc3C(C)C)C2)cc1. The first-order valence-electron chi connectivity index (χ1n) is 24.3. The molecule has 0 unspecified atom stereocenters. The largest absolute Gasteiger partial charge is 0.497 e. The van der Waals surface area contributed by atoms with E-state index in [0.29, 0.717) is 47.8 Å². The Morgan fingerprint density at radius 2 is 1.77 bits per heavy atom. The predicted octanol–water partition coefficient (Wildman–Crippen LogP) is 9.53. The maximum Gasteiger partial charge on any atom is 0.293 e.